The number of hydrogen-bond acceptors (Lipinski definition) is 9. The van der Waals surface area contributed by atoms with Gasteiger partial charge >= 0.3 is 11.7 Å². The molecule has 1 fully saturated rings. The zero-order valence-corrected chi connectivity index (χ0v) is 17.7. The zero-order chi connectivity index (χ0) is 23.2. The Kier molecular flexibility index (Phi) is 15.5. The molecule has 1 saturated heterocycles. The minimum absolute atomic E-state index is 0.180. The average molecular weight is 437 g/mol. The van der Waals surface area contributed by atoms with Crippen LogP contribution in [-0.4, -0.2) is 71.2 Å². The van der Waals surface area contributed by atoms with Crippen molar-refractivity contribution in [2.24, 2.45) is 5.73 Å². The number of carbonyl (C=O) groups is 1. The number of H-pyrrole nitrogens is 1. The molecule has 0 aromatic carbocycles. The van der Waals surface area contributed by atoms with Crippen LogP contribution >= 0.6 is 12.2 Å². The van der Waals surface area contributed by atoms with Gasteiger partial charge in [-0.05, 0) is 12.8 Å². The van der Waals surface area contributed by atoms with Crippen molar-refractivity contribution in [2.45, 2.75) is 51.1 Å². The quantitative estimate of drug-likeness (QED) is 0.184. The van der Waals surface area contributed by atoms with Crippen molar-refractivity contribution in [2.75, 3.05) is 20.8 Å². The number of esters is 1. The molecular weight excluding hydrogens is 408 g/mol. The van der Waals surface area contributed by atoms with Crippen LogP contribution in [0.1, 0.15) is 39.3 Å². The molecule has 2 rings (SSSR count). The molecule has 0 saturated carbocycles. The van der Waals surface area contributed by atoms with E-state index >= 15 is 0 Å². The summed E-state index contributed by atoms with van der Waals surface area (Å²) in [6.07, 6.45) is 0.597. The Morgan fingerprint density at radius 3 is 2.45 bits per heavy atom. The van der Waals surface area contributed by atoms with E-state index in [2.05, 4.69) is 35.8 Å². The highest BCUT2D eigenvalue weighted by molar-refractivity contribution is 7.71. The lowest BCUT2D eigenvalue weighted by atomic mass is 9.87. The molecule has 1 aromatic rings. The third kappa shape index (κ3) is 9.61. The van der Waals surface area contributed by atoms with Gasteiger partial charge in [0.2, 0.25) is 0 Å². The van der Waals surface area contributed by atoms with Gasteiger partial charge in [0, 0.05) is 14.2 Å². The number of carbonyl (C=O) groups excluding carboxylic acids is 1. The van der Waals surface area contributed by atoms with Gasteiger partial charge in [-0.15, -0.1) is 0 Å². The predicted molar refractivity (Wildman–Crippen MR) is 107 cm³/mol. The number of aromatic amines is 1. The fraction of sp³-hybridized carbons (Fsp3) is 0.688. The highest BCUT2D eigenvalue weighted by Gasteiger charge is 2.42. The molecule has 166 valence electrons. The van der Waals surface area contributed by atoms with Gasteiger partial charge in [-0.2, -0.15) is 0 Å². The van der Waals surface area contributed by atoms with Crippen molar-refractivity contribution in [3.63, 3.8) is 0 Å². The third-order valence-electron chi connectivity index (χ3n) is 3.14. The normalized spacial score (nSPS) is 19.2. The second-order valence-corrected chi connectivity index (χ2v) is 5.85. The van der Waals surface area contributed by atoms with Crippen molar-refractivity contribution in [3.8, 4) is 0 Å². The highest BCUT2D eigenvalue weighted by atomic mass is 32.1. The van der Waals surface area contributed by atoms with Crippen LogP contribution in [0.5, 0.6) is 0 Å². The Labute approximate surface area is 174 Å². The average Bonchev–Trinajstić information content (AvgIpc) is 3.19. The summed E-state index contributed by atoms with van der Waals surface area (Å²) in [7, 11) is 7.48. The molecule has 0 bridgehead atoms. The van der Waals surface area contributed by atoms with E-state index in [0.29, 0.717) is 0 Å². The Morgan fingerprint density at radius 2 is 1.97 bits per heavy atom. The number of hydrogen-bond donors (Lipinski definition) is 5. The van der Waals surface area contributed by atoms with Crippen LogP contribution in [-0.2, 0) is 14.3 Å². The van der Waals surface area contributed by atoms with Gasteiger partial charge in [0.25, 0.3) is 0 Å². The van der Waals surface area contributed by atoms with E-state index in [1.807, 2.05) is 0 Å². The standard InChI is InChI=1S/C11H13BFN3O5S.C3H8.2CH4O/c12-11(19,21-8(17)3-14)6-1-2-7(20-6)16-4-5(13)9(22)15-10(16)18;1-3-2;2*1-2/h4,6-7,19H,1-3,14H2,(H,15,18,22);3H2,1-2H3;2*2H,1H3. The lowest BCUT2D eigenvalue weighted by Gasteiger charge is -2.30. The summed E-state index contributed by atoms with van der Waals surface area (Å²) in [5, 5.41) is 23.9. The number of nitrogens with one attached hydrogen (secondary N) is 1. The molecular formula is C16H29BFN3O7S. The first-order valence-electron chi connectivity index (χ1n) is 8.65. The van der Waals surface area contributed by atoms with Crippen LogP contribution in [0.15, 0.2) is 11.0 Å². The Hall–Kier alpha value is -1.64. The summed E-state index contributed by atoms with van der Waals surface area (Å²) in [6, 6.07) is 0. The summed E-state index contributed by atoms with van der Waals surface area (Å²) < 4.78 is 24.1. The van der Waals surface area contributed by atoms with E-state index in [1.165, 1.54) is 6.42 Å². The summed E-state index contributed by atoms with van der Waals surface area (Å²) in [5.41, 5.74) is 2.00. The second-order valence-electron chi connectivity index (χ2n) is 5.44. The van der Waals surface area contributed by atoms with E-state index in [-0.39, 0.29) is 17.5 Å². The number of nitrogens with zero attached hydrogens (tertiary/aromatic N) is 1. The number of aliphatic hydroxyl groups is 3. The maximum absolute atomic E-state index is 13.5. The Balaban J connectivity index is 0. The Morgan fingerprint density at radius 1 is 1.45 bits per heavy atom. The maximum atomic E-state index is 13.5. The summed E-state index contributed by atoms with van der Waals surface area (Å²) >= 11 is 4.60. The van der Waals surface area contributed by atoms with E-state index in [1.54, 1.807) is 0 Å². The van der Waals surface area contributed by atoms with Crippen LogP contribution in [0, 0.1) is 10.5 Å². The molecule has 2 radical (unpaired) electrons. The first-order valence-corrected chi connectivity index (χ1v) is 9.06. The molecule has 1 aliphatic rings. The van der Waals surface area contributed by atoms with E-state index < -0.39 is 42.0 Å². The fourth-order valence-electron chi connectivity index (χ4n) is 2.09. The topological polar surface area (TPSA) is 160 Å². The SMILES string of the molecule is CCC.CO.CO.[B]C(O)(OC(=O)CN)C1CCC(n2cc(F)c(=S)[nH]c2=O)O1. The van der Waals surface area contributed by atoms with E-state index in [4.69, 9.17) is 28.5 Å². The highest BCUT2D eigenvalue weighted by Crippen LogP contribution is 2.32. The van der Waals surface area contributed by atoms with Crippen LogP contribution in [0.25, 0.3) is 0 Å². The van der Waals surface area contributed by atoms with Crippen molar-refractivity contribution >= 4 is 26.0 Å². The molecule has 2 heterocycles. The monoisotopic (exact) mass is 437 g/mol. The van der Waals surface area contributed by atoms with E-state index in [9.17, 15) is 19.1 Å². The smallest absolute Gasteiger partial charge is 0.328 e. The number of nitrogens with two attached hydrogens (primary N) is 1. The summed E-state index contributed by atoms with van der Waals surface area (Å²) in [6.45, 7) is 3.79. The number of halogens is 1. The van der Waals surface area contributed by atoms with Crippen molar-refractivity contribution in [1.29, 1.82) is 0 Å². The lowest BCUT2D eigenvalue weighted by Crippen LogP contribution is -2.48. The minimum Gasteiger partial charge on any atom is -0.440 e. The first kappa shape index (κ1) is 29.6. The molecule has 29 heavy (non-hydrogen) atoms. The predicted octanol–water partition coefficient (Wildman–Crippen LogP) is -0.328. The summed E-state index contributed by atoms with van der Waals surface area (Å²) in [4.78, 5) is 25.0. The summed E-state index contributed by atoms with van der Waals surface area (Å²) in [5.74, 6) is -1.71. The number of ether oxygens (including phenoxy) is 2. The van der Waals surface area contributed by atoms with Crippen molar-refractivity contribution < 1.29 is 34.0 Å². The van der Waals surface area contributed by atoms with Gasteiger partial charge in [0.15, 0.2) is 19.3 Å². The maximum Gasteiger partial charge on any atom is 0.328 e. The number of rotatable bonds is 4. The molecule has 1 aromatic heterocycles. The van der Waals surface area contributed by atoms with Crippen molar-refractivity contribution in [1.82, 2.24) is 9.55 Å². The fourth-order valence-corrected chi connectivity index (χ4v) is 2.23. The molecule has 13 heteroatoms. The first-order chi connectivity index (χ1) is 13.7. The van der Waals surface area contributed by atoms with Gasteiger partial charge in [-0.25, -0.2) is 9.18 Å². The van der Waals surface area contributed by atoms with Gasteiger partial charge in [-0.1, -0.05) is 32.5 Å². The second kappa shape index (κ2) is 15.2. The van der Waals surface area contributed by atoms with Crippen LogP contribution in [0.3, 0.4) is 0 Å². The van der Waals surface area contributed by atoms with Crippen LogP contribution < -0.4 is 11.4 Å². The van der Waals surface area contributed by atoms with Crippen LogP contribution in [0.2, 0.25) is 0 Å². The van der Waals surface area contributed by atoms with Crippen molar-refractivity contribution in [3.05, 3.63) is 27.1 Å². The Bertz CT molecular complexity index is 714. The molecule has 3 atom stereocenters. The molecule has 0 amide bonds. The largest absolute Gasteiger partial charge is 0.440 e. The molecule has 3 unspecified atom stereocenters. The van der Waals surface area contributed by atoms with E-state index in [0.717, 1.165) is 25.0 Å². The van der Waals surface area contributed by atoms with Gasteiger partial charge < -0.3 is 30.5 Å². The zero-order valence-electron chi connectivity index (χ0n) is 16.9. The lowest BCUT2D eigenvalue weighted by molar-refractivity contribution is -0.214. The number of aromatic nitrogens is 2. The minimum atomic E-state index is -2.39. The molecule has 10 nitrogen and oxygen atoms in total. The van der Waals surface area contributed by atoms with Crippen LogP contribution in [0.4, 0.5) is 4.39 Å². The molecule has 0 spiro atoms. The third-order valence-corrected chi connectivity index (χ3v) is 3.43. The van der Waals surface area contributed by atoms with Gasteiger partial charge in [0.05, 0.1) is 12.7 Å². The molecule has 0 aliphatic carbocycles. The van der Waals surface area contributed by atoms with Gasteiger partial charge in [0.1, 0.15) is 17.0 Å². The van der Waals surface area contributed by atoms with Gasteiger partial charge in [-0.3, -0.25) is 14.3 Å². The molecule has 1 aliphatic heterocycles. The number of aliphatic hydroxyl groups excluding tert-OH is 2. The molecule has 6 N–H and O–H groups in total.